The summed E-state index contributed by atoms with van der Waals surface area (Å²) in [6.07, 6.45) is 1.81. The number of aryl methyl sites for hydroxylation is 1. The number of carbonyl (C=O) groups is 1. The summed E-state index contributed by atoms with van der Waals surface area (Å²) < 4.78 is 2.96. The lowest BCUT2D eigenvalue weighted by Crippen LogP contribution is -2.44. The number of anilines is 1. The molecule has 0 spiro atoms. The standard InChI is InChI=1S/C12H20IN5O/c1-8-10(13)11(14)18(15-8)9-4-6-17(7-5-9)12(19)16(2)3/h9H,4-7,14H2,1-3H3. The minimum atomic E-state index is 0.0812. The molecule has 6 nitrogen and oxygen atoms in total. The molecular weight excluding hydrogens is 357 g/mol. The van der Waals surface area contributed by atoms with Gasteiger partial charge < -0.3 is 15.5 Å². The van der Waals surface area contributed by atoms with Crippen LogP contribution in [-0.2, 0) is 0 Å². The molecule has 2 heterocycles. The molecule has 2 amide bonds. The van der Waals surface area contributed by atoms with Gasteiger partial charge in [-0.15, -0.1) is 0 Å². The Hall–Kier alpha value is -0.990. The number of hydrogen-bond acceptors (Lipinski definition) is 3. The third kappa shape index (κ3) is 2.80. The third-order valence-corrected chi connectivity index (χ3v) is 4.84. The molecule has 1 aromatic rings. The van der Waals surface area contributed by atoms with E-state index in [1.165, 1.54) is 0 Å². The zero-order valence-electron chi connectivity index (χ0n) is 11.6. The van der Waals surface area contributed by atoms with Gasteiger partial charge in [0.15, 0.2) is 0 Å². The number of nitrogens with two attached hydrogens (primary N) is 1. The lowest BCUT2D eigenvalue weighted by Gasteiger charge is -2.33. The van der Waals surface area contributed by atoms with Crippen molar-refractivity contribution in [2.24, 2.45) is 0 Å². The summed E-state index contributed by atoms with van der Waals surface area (Å²) in [5, 5.41) is 4.51. The molecule has 19 heavy (non-hydrogen) atoms. The largest absolute Gasteiger partial charge is 0.383 e. The average molecular weight is 377 g/mol. The Bertz CT molecular complexity index is 477. The van der Waals surface area contributed by atoms with Gasteiger partial charge in [-0.3, -0.25) is 0 Å². The van der Waals surface area contributed by atoms with E-state index in [9.17, 15) is 4.79 Å². The second-order valence-electron chi connectivity index (χ2n) is 5.12. The molecule has 7 heteroatoms. The Morgan fingerprint density at radius 3 is 2.42 bits per heavy atom. The second kappa shape index (κ2) is 5.56. The number of halogens is 1. The molecule has 1 aliphatic rings. The van der Waals surface area contributed by atoms with E-state index in [0.29, 0.717) is 6.04 Å². The summed E-state index contributed by atoms with van der Waals surface area (Å²) in [5.74, 6) is 0.746. The Morgan fingerprint density at radius 2 is 2.00 bits per heavy atom. The van der Waals surface area contributed by atoms with Gasteiger partial charge in [-0.25, -0.2) is 9.48 Å². The summed E-state index contributed by atoms with van der Waals surface area (Å²) in [6, 6.07) is 0.381. The highest BCUT2D eigenvalue weighted by Gasteiger charge is 2.27. The molecule has 1 fully saturated rings. The van der Waals surface area contributed by atoms with Crippen LogP contribution in [0.15, 0.2) is 0 Å². The molecule has 0 radical (unpaired) electrons. The van der Waals surface area contributed by atoms with Crippen LogP contribution in [-0.4, -0.2) is 52.8 Å². The Kier molecular flexibility index (Phi) is 4.22. The number of piperidine rings is 1. The van der Waals surface area contributed by atoms with E-state index in [0.717, 1.165) is 41.0 Å². The third-order valence-electron chi connectivity index (χ3n) is 3.51. The van der Waals surface area contributed by atoms with E-state index in [4.69, 9.17) is 5.73 Å². The highest BCUT2D eigenvalue weighted by molar-refractivity contribution is 14.1. The van der Waals surface area contributed by atoms with Gasteiger partial charge in [0.25, 0.3) is 0 Å². The predicted molar refractivity (Wildman–Crippen MR) is 83.0 cm³/mol. The summed E-state index contributed by atoms with van der Waals surface area (Å²) in [5.41, 5.74) is 7.06. The Labute approximate surface area is 127 Å². The van der Waals surface area contributed by atoms with Gasteiger partial charge in [0.2, 0.25) is 0 Å². The average Bonchev–Trinajstić information content (AvgIpc) is 2.66. The van der Waals surface area contributed by atoms with Crippen molar-refractivity contribution < 1.29 is 4.79 Å². The fourth-order valence-electron chi connectivity index (χ4n) is 2.41. The van der Waals surface area contributed by atoms with Crippen LogP contribution in [0.25, 0.3) is 0 Å². The molecule has 0 saturated carbocycles. The van der Waals surface area contributed by atoms with Crippen molar-refractivity contribution in [1.82, 2.24) is 19.6 Å². The predicted octanol–water partition coefficient (Wildman–Crippen LogP) is 1.70. The number of nitrogens with zero attached hydrogens (tertiary/aromatic N) is 4. The van der Waals surface area contributed by atoms with Gasteiger partial charge in [-0.05, 0) is 42.4 Å². The lowest BCUT2D eigenvalue weighted by molar-refractivity contribution is 0.146. The topological polar surface area (TPSA) is 67.4 Å². The second-order valence-corrected chi connectivity index (χ2v) is 6.20. The van der Waals surface area contributed by atoms with Gasteiger partial charge >= 0.3 is 6.03 Å². The monoisotopic (exact) mass is 377 g/mol. The number of carbonyl (C=O) groups excluding carboxylic acids is 1. The number of likely N-dealkylation sites (tertiary alicyclic amines) is 1. The van der Waals surface area contributed by atoms with E-state index >= 15 is 0 Å². The van der Waals surface area contributed by atoms with E-state index in [1.807, 2.05) is 16.5 Å². The smallest absolute Gasteiger partial charge is 0.319 e. The zero-order chi connectivity index (χ0) is 14.2. The van der Waals surface area contributed by atoms with Crippen molar-refractivity contribution in [2.75, 3.05) is 32.9 Å². The maximum absolute atomic E-state index is 11.9. The molecule has 1 saturated heterocycles. The first-order valence-corrected chi connectivity index (χ1v) is 7.46. The fraction of sp³-hybridized carbons (Fsp3) is 0.667. The normalized spacial score (nSPS) is 16.7. The molecule has 1 aliphatic heterocycles. The number of nitrogen functional groups attached to an aromatic ring is 1. The van der Waals surface area contributed by atoms with Gasteiger partial charge in [-0.1, -0.05) is 0 Å². The van der Waals surface area contributed by atoms with Crippen molar-refractivity contribution in [2.45, 2.75) is 25.8 Å². The highest BCUT2D eigenvalue weighted by Crippen LogP contribution is 2.28. The van der Waals surface area contributed by atoms with E-state index in [1.54, 1.807) is 19.0 Å². The van der Waals surface area contributed by atoms with Crippen molar-refractivity contribution in [3.05, 3.63) is 9.26 Å². The number of urea groups is 1. The molecular formula is C12H20IN5O. The van der Waals surface area contributed by atoms with Crippen LogP contribution in [0.3, 0.4) is 0 Å². The molecule has 0 atom stereocenters. The van der Waals surface area contributed by atoms with Crippen LogP contribution < -0.4 is 5.73 Å². The van der Waals surface area contributed by atoms with E-state index in [2.05, 4.69) is 27.7 Å². The molecule has 106 valence electrons. The van der Waals surface area contributed by atoms with Crippen LogP contribution in [0, 0.1) is 10.5 Å². The molecule has 1 aromatic heterocycles. The molecule has 2 rings (SSSR count). The molecule has 0 aliphatic carbocycles. The van der Waals surface area contributed by atoms with Gasteiger partial charge in [0, 0.05) is 27.2 Å². The molecule has 0 bridgehead atoms. The van der Waals surface area contributed by atoms with E-state index < -0.39 is 0 Å². The lowest BCUT2D eigenvalue weighted by atomic mass is 10.1. The van der Waals surface area contributed by atoms with Crippen LogP contribution in [0.4, 0.5) is 10.6 Å². The summed E-state index contributed by atoms with van der Waals surface area (Å²) in [7, 11) is 3.57. The highest BCUT2D eigenvalue weighted by atomic mass is 127. The molecule has 0 aromatic carbocycles. The number of hydrogen-bond donors (Lipinski definition) is 1. The fourth-order valence-corrected chi connectivity index (χ4v) is 2.76. The quantitative estimate of drug-likeness (QED) is 0.758. The SMILES string of the molecule is Cc1nn(C2CCN(C(=O)N(C)C)CC2)c(N)c1I. The van der Waals surface area contributed by atoms with Crippen LogP contribution in [0.1, 0.15) is 24.6 Å². The first-order chi connectivity index (χ1) is 8.91. The number of amides is 2. The Morgan fingerprint density at radius 1 is 1.42 bits per heavy atom. The maximum atomic E-state index is 11.9. The van der Waals surface area contributed by atoms with Crippen molar-refractivity contribution in [1.29, 1.82) is 0 Å². The van der Waals surface area contributed by atoms with E-state index in [-0.39, 0.29) is 6.03 Å². The summed E-state index contributed by atoms with van der Waals surface area (Å²) in [4.78, 5) is 15.4. The van der Waals surface area contributed by atoms with Crippen molar-refractivity contribution >= 4 is 34.4 Å². The zero-order valence-corrected chi connectivity index (χ0v) is 13.7. The first kappa shape index (κ1) is 14.4. The Balaban J connectivity index is 2.04. The minimum Gasteiger partial charge on any atom is -0.383 e. The van der Waals surface area contributed by atoms with Crippen LogP contribution in [0.2, 0.25) is 0 Å². The minimum absolute atomic E-state index is 0.0812. The molecule has 2 N–H and O–H groups in total. The summed E-state index contributed by atoms with van der Waals surface area (Å²) in [6.45, 7) is 3.49. The van der Waals surface area contributed by atoms with Crippen LogP contribution >= 0.6 is 22.6 Å². The van der Waals surface area contributed by atoms with Gasteiger partial charge in [-0.2, -0.15) is 5.10 Å². The van der Waals surface area contributed by atoms with Gasteiger partial charge in [0.05, 0.1) is 15.3 Å². The van der Waals surface area contributed by atoms with Crippen molar-refractivity contribution in [3.63, 3.8) is 0 Å². The van der Waals surface area contributed by atoms with Crippen molar-refractivity contribution in [3.8, 4) is 0 Å². The summed E-state index contributed by atoms with van der Waals surface area (Å²) >= 11 is 2.23. The number of aromatic nitrogens is 2. The van der Waals surface area contributed by atoms with Gasteiger partial charge in [0.1, 0.15) is 5.82 Å². The molecule has 0 unspecified atom stereocenters. The van der Waals surface area contributed by atoms with Crippen LogP contribution in [0.5, 0.6) is 0 Å². The number of rotatable bonds is 1. The maximum Gasteiger partial charge on any atom is 0.319 e. The first-order valence-electron chi connectivity index (χ1n) is 6.38.